The van der Waals surface area contributed by atoms with E-state index >= 15 is 0 Å². The molecule has 6 aliphatic heterocycles. The summed E-state index contributed by atoms with van der Waals surface area (Å²) in [7, 11) is 0. The Morgan fingerprint density at radius 3 is 0.780 bits per heavy atom. The van der Waals surface area contributed by atoms with Crippen molar-refractivity contribution in [3.8, 4) is 0 Å². The Bertz CT molecular complexity index is 2070. The summed E-state index contributed by atoms with van der Waals surface area (Å²) in [5.41, 5.74) is 0. The van der Waals surface area contributed by atoms with Crippen molar-refractivity contribution in [3.05, 3.63) is 0 Å². The smallest absolute Gasteiger partial charge is 0.187 e. The van der Waals surface area contributed by atoms with Gasteiger partial charge in [-0.2, -0.15) is 0 Å². The van der Waals surface area contributed by atoms with E-state index in [4.69, 9.17) is 90.0 Å². The molecule has 6 fully saturated rings. The minimum absolute atomic E-state index is 0.00464. The molecule has 1 unspecified atom stereocenters. The molecule has 25 atom stereocenters. The highest BCUT2D eigenvalue weighted by atomic mass is 16.8. The molecule has 644 valence electrons. The zero-order valence-corrected chi connectivity index (χ0v) is 65.0. The highest BCUT2D eigenvalue weighted by molar-refractivity contribution is 4.97. The van der Waals surface area contributed by atoms with Gasteiger partial charge in [-0.05, 0) is 12.8 Å². The van der Waals surface area contributed by atoms with Crippen LogP contribution >= 0.6 is 0 Å². The summed E-state index contributed by atoms with van der Waals surface area (Å²) in [5, 5.41) is 144. The molecule has 6 rings (SSSR count). The van der Waals surface area contributed by atoms with Gasteiger partial charge in [0, 0.05) is 13.2 Å². The van der Waals surface area contributed by atoms with Gasteiger partial charge in [0.05, 0.1) is 119 Å². The Labute approximate surface area is 644 Å². The number of ether oxygens (including phenoxy) is 19. The fourth-order valence-electron chi connectivity index (χ4n) is 14.1. The Morgan fingerprint density at radius 2 is 0.477 bits per heavy atom. The van der Waals surface area contributed by atoms with Gasteiger partial charge in [-0.3, -0.25) is 0 Å². The maximum absolute atomic E-state index is 10.8. The Morgan fingerprint density at radius 1 is 0.229 bits per heavy atom. The van der Waals surface area contributed by atoms with Gasteiger partial charge in [0.15, 0.2) is 37.7 Å². The first-order chi connectivity index (χ1) is 53.2. The summed E-state index contributed by atoms with van der Waals surface area (Å²) in [6.07, 6.45) is 0.476. The van der Waals surface area contributed by atoms with E-state index < -0.39 is 193 Å². The molecule has 0 spiro atoms. The van der Waals surface area contributed by atoms with Crippen LogP contribution in [0.1, 0.15) is 194 Å². The van der Waals surface area contributed by atoms with Crippen LogP contribution in [0.5, 0.6) is 0 Å². The fraction of sp³-hybridized carbons (Fsp3) is 1.00. The van der Waals surface area contributed by atoms with Gasteiger partial charge < -0.3 is 161 Å². The van der Waals surface area contributed by atoms with Gasteiger partial charge in [-0.1, -0.05) is 181 Å². The summed E-state index contributed by atoms with van der Waals surface area (Å²) >= 11 is 0. The van der Waals surface area contributed by atoms with Gasteiger partial charge >= 0.3 is 0 Å². The first-order valence-electron chi connectivity index (χ1n) is 41.2. The van der Waals surface area contributed by atoms with Crippen LogP contribution in [0.2, 0.25) is 0 Å². The third kappa shape index (κ3) is 34.3. The van der Waals surface area contributed by atoms with Crippen molar-refractivity contribution < 1.29 is 161 Å². The number of hydrogen-bond donors (Lipinski definition) is 14. The van der Waals surface area contributed by atoms with E-state index in [1.807, 2.05) is 0 Å². The molecule has 33 nitrogen and oxygen atoms in total. The van der Waals surface area contributed by atoms with E-state index in [2.05, 4.69) is 13.8 Å². The third-order valence-electron chi connectivity index (χ3n) is 20.7. The molecule has 0 saturated carbocycles. The SMILES string of the molecule is CCCCCCCCCCCCCCCCOCC(COC(COCCOCCO[C@H]1O[C@H](CO)[C@@H](O[C@H]2O[C@H](CO)[C@@H](O)[C@@H]2O)[C@@H]1O[C@H]1O[C@H](CO)[C@@H](O)[C@@H]1O)COCCOCCO[C@H]1O[C@H](CO)[C@@H](O[C@H]2O[C@H](CO)[C@@H](O)[C@@H]2O)[C@@H]1O[C@H]1O[C@H](CO)[C@@H](O)[C@@H]1O)OCCCCCCCCCCCCCCCC. The molecule has 0 aromatic carbocycles. The lowest BCUT2D eigenvalue weighted by Gasteiger charge is -2.30. The zero-order chi connectivity index (χ0) is 78.4. The van der Waals surface area contributed by atoms with E-state index in [-0.39, 0.29) is 78.8 Å². The van der Waals surface area contributed by atoms with Gasteiger partial charge in [0.2, 0.25) is 0 Å². The molecule has 0 radical (unpaired) electrons. The van der Waals surface area contributed by atoms with E-state index in [9.17, 15) is 71.5 Å². The molecule has 6 saturated heterocycles. The largest absolute Gasteiger partial charge is 0.394 e. The van der Waals surface area contributed by atoms with E-state index in [1.165, 1.54) is 148 Å². The van der Waals surface area contributed by atoms with Crippen molar-refractivity contribution in [2.24, 2.45) is 0 Å². The molecule has 109 heavy (non-hydrogen) atoms. The predicted octanol–water partition coefficient (Wildman–Crippen LogP) is 1.57. The molecule has 14 N–H and O–H groups in total. The van der Waals surface area contributed by atoms with Gasteiger partial charge in [-0.15, -0.1) is 0 Å². The van der Waals surface area contributed by atoms with Crippen molar-refractivity contribution in [2.75, 3.05) is 132 Å². The Hall–Kier alpha value is -1.32. The second-order valence-corrected chi connectivity index (χ2v) is 29.5. The lowest BCUT2D eigenvalue weighted by Crippen LogP contribution is -2.47. The van der Waals surface area contributed by atoms with Gasteiger partial charge in [-0.25, -0.2) is 0 Å². The fourth-order valence-corrected chi connectivity index (χ4v) is 14.1. The highest BCUT2D eigenvalue weighted by Gasteiger charge is 2.57. The summed E-state index contributed by atoms with van der Waals surface area (Å²) < 4.78 is 114. The normalized spacial score (nSPS) is 33.0. The lowest BCUT2D eigenvalue weighted by atomic mass is 10.0. The monoisotopic (exact) mass is 1580 g/mol. The van der Waals surface area contributed by atoms with Crippen LogP contribution in [-0.4, -0.2) is 363 Å². The minimum atomic E-state index is -1.63. The molecule has 0 aromatic rings. The van der Waals surface area contributed by atoms with Crippen molar-refractivity contribution >= 4 is 0 Å². The van der Waals surface area contributed by atoms with Crippen LogP contribution < -0.4 is 0 Å². The Balaban J connectivity index is 1.01. The molecule has 0 aromatic heterocycles. The molecule has 6 aliphatic rings. The van der Waals surface area contributed by atoms with Crippen LogP contribution in [0.25, 0.3) is 0 Å². The summed E-state index contributed by atoms with van der Waals surface area (Å²) in [5.74, 6) is 0. The molecular formula is C76H142O33. The van der Waals surface area contributed by atoms with Crippen LogP contribution in [0.3, 0.4) is 0 Å². The number of rotatable bonds is 68. The van der Waals surface area contributed by atoms with Crippen LogP contribution in [0, 0.1) is 0 Å². The van der Waals surface area contributed by atoms with Crippen molar-refractivity contribution in [1.82, 2.24) is 0 Å². The summed E-state index contributed by atoms with van der Waals surface area (Å²) in [6, 6.07) is 0. The highest BCUT2D eigenvalue weighted by Crippen LogP contribution is 2.38. The average Bonchev–Trinajstić information content (AvgIpc) is 1.64. The predicted molar refractivity (Wildman–Crippen MR) is 388 cm³/mol. The maximum atomic E-state index is 10.8. The van der Waals surface area contributed by atoms with E-state index in [1.54, 1.807) is 0 Å². The molecule has 6 heterocycles. The van der Waals surface area contributed by atoms with Crippen molar-refractivity contribution in [3.63, 3.8) is 0 Å². The van der Waals surface area contributed by atoms with E-state index in [0.29, 0.717) is 19.8 Å². The van der Waals surface area contributed by atoms with Crippen molar-refractivity contribution in [1.29, 1.82) is 0 Å². The standard InChI is InChI=1S/C76H142O33/c1-3-5-7-9-11-13-15-17-19-21-23-25-27-29-31-93-49-52(96-32-30-28-26-24-22-20-18-16-14-12-10-8-6-4-2)50-99-51(47-94-35-33-91-37-39-97-75-69(108-73-65(89)61(85)55(43-79)102-73)67(57(45-81)104-75)106-71-63(87)59(83)53(41-77)100-71)48-95-36-34-92-38-40-98-76-70(109-74-66(90)62(86)56(44-80)103-74)68(58(46-82)105-76)107-72-64(88)60(84)54(42-78)101-72/h51-90H,3-50H2,1-2H3/t52?,53-,54-,55-,56-,57-,58-,59-,60-,61-,62-,63+,64+,65+,66+,67-,68-,69+,70+,71-,72-,73-,74-,75+,76+/m1/s1. The first-order valence-corrected chi connectivity index (χ1v) is 41.2. The Kier molecular flexibility index (Phi) is 51.1. The van der Waals surface area contributed by atoms with Crippen LogP contribution in [-0.2, 0) is 90.0 Å². The average molecular weight is 1580 g/mol. The zero-order valence-electron chi connectivity index (χ0n) is 65.0. The number of aliphatic hydroxyl groups excluding tert-OH is 14. The quantitative estimate of drug-likeness (QED) is 0.0384. The number of hydrogen-bond acceptors (Lipinski definition) is 33. The van der Waals surface area contributed by atoms with Gasteiger partial charge in [0.1, 0.15) is 122 Å². The summed E-state index contributed by atoms with van der Waals surface area (Å²) in [6.45, 7) is 2.68. The van der Waals surface area contributed by atoms with Crippen LogP contribution in [0.4, 0.5) is 0 Å². The van der Waals surface area contributed by atoms with E-state index in [0.717, 1.165) is 32.1 Å². The first kappa shape index (κ1) is 96.5. The number of unbranched alkanes of at least 4 members (excludes halogenated alkanes) is 26. The molecule has 0 amide bonds. The minimum Gasteiger partial charge on any atom is -0.394 e. The second-order valence-electron chi connectivity index (χ2n) is 29.5. The summed E-state index contributed by atoms with van der Waals surface area (Å²) in [4.78, 5) is 0. The molecular weight excluding hydrogens is 1440 g/mol. The third-order valence-corrected chi connectivity index (χ3v) is 20.7. The molecule has 0 bridgehead atoms. The van der Waals surface area contributed by atoms with Crippen molar-refractivity contribution in [2.45, 2.75) is 353 Å². The molecule has 0 aliphatic carbocycles. The lowest BCUT2D eigenvalue weighted by molar-refractivity contribution is -0.265. The second kappa shape index (κ2) is 57.7. The topological polar surface area (TPSA) is 459 Å². The van der Waals surface area contributed by atoms with Gasteiger partial charge in [0.25, 0.3) is 0 Å². The molecule has 33 heteroatoms. The maximum Gasteiger partial charge on any atom is 0.187 e. The number of aliphatic hydroxyl groups is 14. The van der Waals surface area contributed by atoms with Crippen LogP contribution in [0.15, 0.2) is 0 Å².